The van der Waals surface area contributed by atoms with E-state index in [1.807, 2.05) is 6.26 Å². The number of aromatic nitrogens is 2. The molecular formula is C16H18F4N4OS2. The van der Waals surface area contributed by atoms with Crippen LogP contribution in [0, 0.1) is 5.82 Å². The maximum atomic E-state index is 14.3. The van der Waals surface area contributed by atoms with Crippen LogP contribution in [0.5, 0.6) is 0 Å². The summed E-state index contributed by atoms with van der Waals surface area (Å²) in [5.41, 5.74) is -1.42. The lowest BCUT2D eigenvalue weighted by Crippen LogP contribution is -2.35. The molecule has 27 heavy (non-hydrogen) atoms. The van der Waals surface area contributed by atoms with E-state index in [0.717, 1.165) is 32.1 Å². The number of halogens is 4. The fraction of sp³-hybridized carbons (Fsp3) is 0.500. The number of aliphatic hydroxyl groups is 1. The second-order valence-corrected chi connectivity index (χ2v) is 7.99. The highest BCUT2D eigenvalue weighted by atomic mass is 32.2. The Hall–Kier alpha value is -1.43. The zero-order chi connectivity index (χ0) is 19.6. The van der Waals surface area contributed by atoms with Crippen molar-refractivity contribution < 1.29 is 22.7 Å². The fourth-order valence-electron chi connectivity index (χ4n) is 2.89. The van der Waals surface area contributed by atoms with E-state index in [-0.39, 0.29) is 21.5 Å². The number of nitrogens with one attached hydrogen (secondary N) is 1. The summed E-state index contributed by atoms with van der Waals surface area (Å²) in [5.74, 6) is -0.544. The zero-order valence-electron chi connectivity index (χ0n) is 14.4. The first-order valence-electron chi connectivity index (χ1n) is 8.21. The molecule has 0 bridgehead atoms. The van der Waals surface area contributed by atoms with Crippen molar-refractivity contribution in [1.29, 1.82) is 0 Å². The number of hydrogen-bond donors (Lipinski definition) is 2. The minimum absolute atomic E-state index is 0.118. The minimum Gasteiger partial charge on any atom is -0.389 e. The van der Waals surface area contributed by atoms with E-state index < -0.39 is 24.3 Å². The monoisotopic (exact) mass is 422 g/mol. The summed E-state index contributed by atoms with van der Waals surface area (Å²) in [7, 11) is 0. The lowest BCUT2D eigenvalue weighted by molar-refractivity contribution is -0.140. The van der Waals surface area contributed by atoms with Crippen molar-refractivity contribution in [2.24, 2.45) is 0 Å². The number of nitrogens with zero attached hydrogens (tertiary/aromatic N) is 3. The highest BCUT2D eigenvalue weighted by Gasteiger charge is 2.38. The summed E-state index contributed by atoms with van der Waals surface area (Å²) in [6.45, 7) is 1.14. The van der Waals surface area contributed by atoms with Gasteiger partial charge in [-0.15, -0.1) is 11.3 Å². The van der Waals surface area contributed by atoms with Gasteiger partial charge >= 0.3 is 6.18 Å². The van der Waals surface area contributed by atoms with Crippen LogP contribution in [-0.4, -0.2) is 44.8 Å². The molecule has 0 aliphatic carbocycles. The Labute approximate surface area is 162 Å². The number of rotatable bonds is 5. The standard InChI is InChI=1S/C16H18F4N4OS2/c1-26-24-4-2-9(3-5-24)22-12-6-10(11(17)7-21-12)14-15(16(18,19)20)23-13(8-25)27-14/h6-7,9,25H,2-5,8H2,1H3,(H,21,22). The van der Waals surface area contributed by atoms with Crippen LogP contribution in [0.1, 0.15) is 23.5 Å². The Morgan fingerprint density at radius 3 is 2.67 bits per heavy atom. The summed E-state index contributed by atoms with van der Waals surface area (Å²) in [4.78, 5) is 7.02. The largest absolute Gasteiger partial charge is 0.434 e. The Bertz CT molecular complexity index is 791. The third-order valence-electron chi connectivity index (χ3n) is 4.24. The van der Waals surface area contributed by atoms with Crippen molar-refractivity contribution in [1.82, 2.24) is 14.3 Å². The Morgan fingerprint density at radius 2 is 2.07 bits per heavy atom. The van der Waals surface area contributed by atoms with Crippen LogP contribution >= 0.6 is 23.3 Å². The maximum absolute atomic E-state index is 14.3. The summed E-state index contributed by atoms with van der Waals surface area (Å²) in [6.07, 6.45) is -0.105. The molecule has 1 aliphatic rings. The summed E-state index contributed by atoms with van der Waals surface area (Å²) in [5, 5.41) is 12.2. The second kappa shape index (κ2) is 8.29. The minimum atomic E-state index is -4.74. The Morgan fingerprint density at radius 1 is 1.37 bits per heavy atom. The van der Waals surface area contributed by atoms with Crippen molar-refractivity contribution >= 4 is 29.1 Å². The van der Waals surface area contributed by atoms with Crippen molar-refractivity contribution in [3.8, 4) is 10.4 Å². The summed E-state index contributed by atoms with van der Waals surface area (Å²) in [6, 6.07) is 1.40. The number of piperidine rings is 1. The highest BCUT2D eigenvalue weighted by Crippen LogP contribution is 2.41. The molecule has 0 saturated carbocycles. The molecule has 0 radical (unpaired) electrons. The zero-order valence-corrected chi connectivity index (χ0v) is 16.0. The molecule has 11 heteroatoms. The average Bonchev–Trinajstić information content (AvgIpc) is 3.09. The van der Waals surface area contributed by atoms with Gasteiger partial charge in [-0.1, -0.05) is 11.9 Å². The number of alkyl halides is 3. The van der Waals surface area contributed by atoms with E-state index in [1.165, 1.54) is 6.07 Å². The summed E-state index contributed by atoms with van der Waals surface area (Å²) >= 11 is 2.30. The molecule has 3 heterocycles. The van der Waals surface area contributed by atoms with Gasteiger partial charge < -0.3 is 10.4 Å². The van der Waals surface area contributed by atoms with Crippen molar-refractivity contribution in [3.63, 3.8) is 0 Å². The van der Waals surface area contributed by atoms with Gasteiger partial charge in [0.2, 0.25) is 0 Å². The van der Waals surface area contributed by atoms with Gasteiger partial charge in [0.1, 0.15) is 16.6 Å². The van der Waals surface area contributed by atoms with Gasteiger partial charge in [0.05, 0.1) is 17.7 Å². The molecule has 3 rings (SSSR count). The lowest BCUT2D eigenvalue weighted by atomic mass is 10.1. The topological polar surface area (TPSA) is 61.3 Å². The molecule has 0 atom stereocenters. The van der Waals surface area contributed by atoms with Crippen molar-refractivity contribution in [3.05, 3.63) is 28.8 Å². The van der Waals surface area contributed by atoms with Gasteiger partial charge in [0.15, 0.2) is 5.69 Å². The van der Waals surface area contributed by atoms with Gasteiger partial charge in [0.25, 0.3) is 0 Å². The van der Waals surface area contributed by atoms with Gasteiger partial charge in [-0.05, 0) is 25.2 Å². The van der Waals surface area contributed by atoms with E-state index in [1.54, 1.807) is 11.9 Å². The molecule has 1 saturated heterocycles. The smallest absolute Gasteiger partial charge is 0.389 e. The van der Waals surface area contributed by atoms with E-state index in [9.17, 15) is 17.6 Å². The first-order chi connectivity index (χ1) is 12.8. The molecule has 1 fully saturated rings. The van der Waals surface area contributed by atoms with Crippen LogP contribution in [0.25, 0.3) is 10.4 Å². The fourth-order valence-corrected chi connectivity index (χ4v) is 4.43. The first-order valence-corrected chi connectivity index (χ1v) is 10.2. The lowest BCUT2D eigenvalue weighted by Gasteiger charge is -2.30. The van der Waals surface area contributed by atoms with Crippen LogP contribution < -0.4 is 5.32 Å². The molecule has 0 unspecified atom stereocenters. The van der Waals surface area contributed by atoms with Crippen LogP contribution in [0.2, 0.25) is 0 Å². The molecular weight excluding hydrogens is 404 g/mol. The number of hydrogen-bond acceptors (Lipinski definition) is 7. The van der Waals surface area contributed by atoms with E-state index in [2.05, 4.69) is 19.6 Å². The molecule has 0 spiro atoms. The quantitative estimate of drug-likeness (QED) is 0.561. The summed E-state index contributed by atoms with van der Waals surface area (Å²) < 4.78 is 56.3. The molecule has 5 nitrogen and oxygen atoms in total. The number of pyridine rings is 1. The normalized spacial score (nSPS) is 16.7. The third-order valence-corrected chi connectivity index (χ3v) is 6.19. The molecule has 1 aliphatic heterocycles. The van der Waals surface area contributed by atoms with Crippen LogP contribution in [0.4, 0.5) is 23.4 Å². The van der Waals surface area contributed by atoms with E-state index in [4.69, 9.17) is 5.11 Å². The van der Waals surface area contributed by atoms with E-state index >= 15 is 0 Å². The Kier molecular flexibility index (Phi) is 6.24. The SMILES string of the molecule is CSN1CCC(Nc2cc(-c3sc(CO)nc3C(F)(F)F)c(F)cn2)CC1. The average molecular weight is 422 g/mol. The van der Waals surface area contributed by atoms with Gasteiger partial charge in [-0.3, -0.25) is 4.31 Å². The second-order valence-electron chi connectivity index (χ2n) is 6.02. The van der Waals surface area contributed by atoms with Gasteiger partial charge in [-0.25, -0.2) is 14.4 Å². The number of aliphatic hydroxyl groups excluding tert-OH is 1. The molecule has 2 aromatic rings. The number of anilines is 1. The molecule has 2 aromatic heterocycles. The van der Waals surface area contributed by atoms with Gasteiger partial charge in [0, 0.05) is 24.7 Å². The molecule has 2 N–H and O–H groups in total. The van der Waals surface area contributed by atoms with Crippen molar-refractivity contribution in [2.75, 3.05) is 24.7 Å². The third kappa shape index (κ3) is 4.71. The van der Waals surface area contributed by atoms with Crippen LogP contribution in [0.3, 0.4) is 0 Å². The van der Waals surface area contributed by atoms with Gasteiger partial charge in [-0.2, -0.15) is 13.2 Å². The first kappa shape index (κ1) is 20.3. The van der Waals surface area contributed by atoms with Crippen molar-refractivity contribution in [2.45, 2.75) is 31.7 Å². The predicted molar refractivity (Wildman–Crippen MR) is 98.0 cm³/mol. The Balaban J connectivity index is 1.87. The molecule has 0 aromatic carbocycles. The predicted octanol–water partition coefficient (Wildman–Crippen LogP) is 4.01. The highest BCUT2D eigenvalue weighted by molar-refractivity contribution is 7.96. The maximum Gasteiger partial charge on any atom is 0.434 e. The van der Waals surface area contributed by atoms with Crippen LogP contribution in [0.15, 0.2) is 12.3 Å². The molecule has 0 amide bonds. The van der Waals surface area contributed by atoms with Crippen LogP contribution in [-0.2, 0) is 12.8 Å². The van der Waals surface area contributed by atoms with E-state index in [0.29, 0.717) is 17.2 Å². The molecule has 148 valence electrons. The number of thiazole rings is 1.